The minimum absolute atomic E-state index is 0.0581. The molecule has 0 saturated carbocycles. The zero-order valence-corrected chi connectivity index (χ0v) is 23.6. The zero-order chi connectivity index (χ0) is 27.8. The fourth-order valence-electron chi connectivity index (χ4n) is 7.56. The smallest absolute Gasteiger partial charge is 0.255 e. The van der Waals surface area contributed by atoms with Crippen LogP contribution in [-0.4, -0.2) is 70.3 Å². The number of aromatic nitrogens is 1. The Labute approximate surface area is 241 Å². The second-order valence-corrected chi connectivity index (χ2v) is 12.0. The van der Waals surface area contributed by atoms with Crippen LogP contribution >= 0.6 is 0 Å². The minimum atomic E-state index is 0.0581. The maximum absolute atomic E-state index is 14.0. The molecule has 1 aromatic heterocycles. The highest BCUT2D eigenvalue weighted by Crippen LogP contribution is 2.35. The van der Waals surface area contributed by atoms with E-state index in [1.807, 2.05) is 36.5 Å². The van der Waals surface area contributed by atoms with E-state index in [-0.39, 0.29) is 17.9 Å². The van der Waals surface area contributed by atoms with Crippen LogP contribution in [0.2, 0.25) is 0 Å². The summed E-state index contributed by atoms with van der Waals surface area (Å²) in [4.78, 5) is 38.8. The third-order valence-corrected chi connectivity index (χ3v) is 9.66. The van der Waals surface area contributed by atoms with Gasteiger partial charge in [-0.1, -0.05) is 54.6 Å². The molecule has 7 rings (SSSR count). The van der Waals surface area contributed by atoms with Crippen molar-refractivity contribution in [3.8, 4) is 0 Å². The summed E-state index contributed by atoms with van der Waals surface area (Å²) in [5.41, 5.74) is 1.98. The van der Waals surface area contributed by atoms with Gasteiger partial charge in [0.2, 0.25) is 5.91 Å². The predicted octanol–water partition coefficient (Wildman–Crippen LogP) is 6.07. The minimum Gasteiger partial charge on any atom is -0.338 e. The van der Waals surface area contributed by atoms with E-state index in [4.69, 9.17) is 0 Å². The lowest BCUT2D eigenvalue weighted by atomic mass is 9.91. The number of amides is 2. The molecule has 3 saturated heterocycles. The fourth-order valence-corrected chi connectivity index (χ4v) is 7.56. The molecule has 41 heavy (non-hydrogen) atoms. The average molecular weight is 547 g/mol. The van der Waals surface area contributed by atoms with Gasteiger partial charge in [-0.3, -0.25) is 19.5 Å². The van der Waals surface area contributed by atoms with Gasteiger partial charge in [-0.05, 0) is 84.3 Å². The zero-order valence-electron chi connectivity index (χ0n) is 23.6. The molecule has 0 aliphatic carbocycles. The summed E-state index contributed by atoms with van der Waals surface area (Å²) in [5, 5.41) is 4.28. The van der Waals surface area contributed by atoms with Gasteiger partial charge in [0.25, 0.3) is 5.91 Å². The third-order valence-electron chi connectivity index (χ3n) is 9.66. The Morgan fingerprint density at radius 3 is 2.17 bits per heavy atom. The molecule has 3 aromatic carbocycles. The van der Waals surface area contributed by atoms with Crippen LogP contribution in [0.5, 0.6) is 0 Å². The first kappa shape index (κ1) is 26.1. The van der Waals surface area contributed by atoms with E-state index in [1.165, 1.54) is 0 Å². The summed E-state index contributed by atoms with van der Waals surface area (Å²) < 4.78 is 0. The van der Waals surface area contributed by atoms with Gasteiger partial charge in [-0.15, -0.1) is 0 Å². The highest BCUT2D eigenvalue weighted by atomic mass is 16.2. The quantitative estimate of drug-likeness (QED) is 0.292. The van der Waals surface area contributed by atoms with Gasteiger partial charge in [0.1, 0.15) is 0 Å². The number of carbonyl (C=O) groups excluding carboxylic acids is 2. The van der Waals surface area contributed by atoms with Gasteiger partial charge >= 0.3 is 0 Å². The molecule has 0 bridgehead atoms. The molecule has 0 N–H and O–H groups in total. The van der Waals surface area contributed by atoms with Gasteiger partial charge in [0.05, 0.1) is 17.5 Å². The van der Waals surface area contributed by atoms with Crippen LogP contribution in [0, 0.1) is 5.92 Å². The molecule has 4 aromatic rings. The van der Waals surface area contributed by atoms with Crippen LogP contribution in [0.25, 0.3) is 21.5 Å². The molecule has 0 spiro atoms. The maximum Gasteiger partial charge on any atom is 0.255 e. The van der Waals surface area contributed by atoms with Gasteiger partial charge in [0, 0.05) is 44.6 Å². The molecule has 3 aliphatic rings. The number of nitrogens with zero attached hydrogens (tertiary/aromatic N) is 4. The van der Waals surface area contributed by atoms with Crippen molar-refractivity contribution in [2.75, 3.05) is 32.7 Å². The van der Waals surface area contributed by atoms with Crippen LogP contribution in [0.15, 0.2) is 79.1 Å². The third kappa shape index (κ3) is 4.99. The molecule has 0 radical (unpaired) electrons. The van der Waals surface area contributed by atoms with E-state index >= 15 is 0 Å². The Morgan fingerprint density at radius 1 is 0.756 bits per heavy atom. The van der Waals surface area contributed by atoms with Crippen molar-refractivity contribution >= 4 is 33.4 Å². The highest BCUT2D eigenvalue weighted by molar-refractivity contribution is 6.18. The highest BCUT2D eigenvalue weighted by Gasteiger charge is 2.38. The van der Waals surface area contributed by atoms with Gasteiger partial charge in [-0.2, -0.15) is 0 Å². The first-order chi connectivity index (χ1) is 20.2. The first-order valence-corrected chi connectivity index (χ1v) is 15.3. The van der Waals surface area contributed by atoms with E-state index in [0.717, 1.165) is 104 Å². The van der Waals surface area contributed by atoms with Gasteiger partial charge in [-0.25, -0.2) is 0 Å². The molecular weight excluding hydrogens is 508 g/mol. The number of hydrogen-bond donors (Lipinski definition) is 0. The molecule has 3 aliphatic heterocycles. The van der Waals surface area contributed by atoms with E-state index in [0.29, 0.717) is 11.9 Å². The molecule has 2 amide bonds. The number of pyridine rings is 1. The molecular formula is C35H38N4O2. The molecule has 2 atom stereocenters. The number of likely N-dealkylation sites (tertiary alicyclic amines) is 3. The Morgan fingerprint density at radius 2 is 1.46 bits per heavy atom. The van der Waals surface area contributed by atoms with Crippen molar-refractivity contribution in [3.63, 3.8) is 0 Å². The van der Waals surface area contributed by atoms with Crippen LogP contribution in [0.1, 0.15) is 60.5 Å². The van der Waals surface area contributed by atoms with Crippen molar-refractivity contribution < 1.29 is 9.59 Å². The van der Waals surface area contributed by atoms with Crippen molar-refractivity contribution in [1.29, 1.82) is 0 Å². The van der Waals surface area contributed by atoms with E-state index in [2.05, 4.69) is 56.1 Å². The Kier molecular flexibility index (Phi) is 7.17. The molecule has 6 heteroatoms. The fraction of sp³-hybridized carbons (Fsp3) is 0.400. The second-order valence-electron chi connectivity index (χ2n) is 12.0. The number of carbonyl (C=O) groups is 2. The van der Waals surface area contributed by atoms with Crippen molar-refractivity contribution in [2.24, 2.45) is 5.92 Å². The molecule has 2 unspecified atom stereocenters. The lowest BCUT2D eigenvalue weighted by Crippen LogP contribution is -2.52. The summed E-state index contributed by atoms with van der Waals surface area (Å²) in [6.07, 6.45) is 9.73. The molecule has 4 heterocycles. The lowest BCUT2D eigenvalue weighted by Gasteiger charge is -2.43. The Hall–Kier alpha value is -3.77. The number of benzene rings is 3. The normalized spacial score (nSPS) is 22.4. The van der Waals surface area contributed by atoms with E-state index in [1.54, 1.807) is 6.20 Å². The number of piperidine rings is 2. The Bertz CT molecular complexity index is 1510. The summed E-state index contributed by atoms with van der Waals surface area (Å²) in [6, 6.07) is 23.3. The van der Waals surface area contributed by atoms with Crippen molar-refractivity contribution in [3.05, 3.63) is 90.3 Å². The second kappa shape index (κ2) is 11.2. The van der Waals surface area contributed by atoms with Crippen LogP contribution < -0.4 is 0 Å². The van der Waals surface area contributed by atoms with Crippen molar-refractivity contribution in [1.82, 2.24) is 19.7 Å². The number of fused-ring (bicyclic) bond motifs is 2. The number of rotatable bonds is 4. The summed E-state index contributed by atoms with van der Waals surface area (Å²) in [6.45, 7) is 4.24. The van der Waals surface area contributed by atoms with Gasteiger partial charge < -0.3 is 9.80 Å². The standard InChI is InChI=1S/C35H38N4O2/c40-34(39-19-7-14-32(39)27-10-5-17-36-23-27)28-11-6-18-38(24-28)29-15-20-37(21-16-29)35(41)33-30-12-3-1-8-25(30)22-26-9-2-4-13-31(26)33/h1-5,8-10,12-13,17,22-23,28-29,32H,6-7,11,14-16,18-21,24H2. The number of hydrogen-bond acceptors (Lipinski definition) is 4. The Balaban J connectivity index is 1.03. The van der Waals surface area contributed by atoms with Crippen LogP contribution in [0.3, 0.4) is 0 Å². The monoisotopic (exact) mass is 546 g/mol. The summed E-state index contributed by atoms with van der Waals surface area (Å²) >= 11 is 0. The van der Waals surface area contributed by atoms with Crippen molar-refractivity contribution in [2.45, 2.75) is 50.6 Å². The van der Waals surface area contributed by atoms with Gasteiger partial charge in [0.15, 0.2) is 0 Å². The lowest BCUT2D eigenvalue weighted by molar-refractivity contribution is -0.138. The summed E-state index contributed by atoms with van der Waals surface area (Å²) in [7, 11) is 0. The molecule has 6 nitrogen and oxygen atoms in total. The molecule has 3 fully saturated rings. The van der Waals surface area contributed by atoms with Crippen LogP contribution in [-0.2, 0) is 4.79 Å². The van der Waals surface area contributed by atoms with E-state index < -0.39 is 0 Å². The summed E-state index contributed by atoms with van der Waals surface area (Å²) in [5.74, 6) is 0.512. The average Bonchev–Trinajstić information content (AvgIpc) is 3.54. The van der Waals surface area contributed by atoms with E-state index in [9.17, 15) is 9.59 Å². The first-order valence-electron chi connectivity index (χ1n) is 15.3. The maximum atomic E-state index is 14.0. The molecule has 210 valence electrons. The van der Waals surface area contributed by atoms with Crippen LogP contribution in [0.4, 0.5) is 0 Å². The SMILES string of the molecule is O=C(c1c2ccccc2cc2ccccc12)N1CCC(N2CCCC(C(=O)N3CCCC3c3cccnc3)C2)CC1. The topological polar surface area (TPSA) is 56.8 Å². The predicted molar refractivity (Wildman–Crippen MR) is 163 cm³/mol. The largest absolute Gasteiger partial charge is 0.338 e.